The molecule has 0 fully saturated rings. The van der Waals surface area contributed by atoms with E-state index in [0.717, 1.165) is 11.1 Å². The minimum Gasteiger partial charge on any atom is -0.493 e. The minimum absolute atomic E-state index is 0.0456. The zero-order valence-electron chi connectivity index (χ0n) is 28.6. The number of carboxylic acid groups (broad SMARTS) is 4. The fourth-order valence-corrected chi connectivity index (χ4v) is 5.38. The Morgan fingerprint density at radius 2 is 1.13 bits per heavy atom. The number of carbonyl (C=O) groups is 4. The zero-order valence-corrected chi connectivity index (χ0v) is 29.3. The average molecular weight is 749 g/mol. The lowest BCUT2D eigenvalue weighted by molar-refractivity contribution is -0.144. The molecule has 3 aromatic heterocycles. The molecule has 4 aromatic rings. The first-order valence-electron chi connectivity index (χ1n) is 16.2. The first kappa shape index (κ1) is 39.8. The van der Waals surface area contributed by atoms with Gasteiger partial charge in [-0.2, -0.15) is 0 Å². The predicted octanol–water partition coefficient (Wildman–Crippen LogP) is 4.17. The molecule has 3 heterocycles. The third-order valence-electron chi connectivity index (χ3n) is 7.35. The zero-order chi connectivity index (χ0) is 38.3. The highest BCUT2D eigenvalue weighted by Crippen LogP contribution is 2.30. The molecule has 0 radical (unpaired) electrons. The Hall–Kier alpha value is -5.97. The van der Waals surface area contributed by atoms with E-state index in [2.05, 4.69) is 14.5 Å². The van der Waals surface area contributed by atoms with E-state index in [-0.39, 0.29) is 19.7 Å². The highest BCUT2D eigenvalue weighted by Gasteiger charge is 2.18. The number of ether oxygens (including phenoxy) is 2. The summed E-state index contributed by atoms with van der Waals surface area (Å²) in [5, 5.41) is 37.2. The number of nitrogens with zero attached hydrogens (tertiary/aromatic N) is 6. The van der Waals surface area contributed by atoms with Crippen molar-refractivity contribution in [3.8, 4) is 39.7 Å². The van der Waals surface area contributed by atoms with E-state index in [1.54, 1.807) is 48.5 Å². The van der Waals surface area contributed by atoms with Crippen LogP contribution in [0, 0.1) is 0 Å². The van der Waals surface area contributed by atoms with E-state index in [0.29, 0.717) is 58.8 Å². The minimum atomic E-state index is -1.18. The molecule has 278 valence electrons. The number of hydrogen-bond donors (Lipinski definition) is 4. The van der Waals surface area contributed by atoms with Crippen LogP contribution in [-0.4, -0.2) is 114 Å². The molecule has 0 amide bonds. The SMILES string of the molecule is CCO/C(CCOc1ccc(-c2cc(-c3cccc(CN(CC(=O)O)CC(=O)O)n3)nc(-c3cccc(CN(CC(=O)O)CC(=O)O)n3)c2)cc1)=N\Cl. The number of carboxylic acids is 4. The Balaban J connectivity index is 1.72. The van der Waals surface area contributed by atoms with Crippen LogP contribution in [0.2, 0.25) is 0 Å². The molecule has 0 bridgehead atoms. The second kappa shape index (κ2) is 19.6. The van der Waals surface area contributed by atoms with Gasteiger partial charge in [0.1, 0.15) is 5.75 Å². The van der Waals surface area contributed by atoms with Gasteiger partial charge in [0, 0.05) is 24.9 Å². The van der Waals surface area contributed by atoms with Crippen LogP contribution in [0.4, 0.5) is 0 Å². The Kier molecular flexibility index (Phi) is 14.7. The second-order valence-corrected chi connectivity index (χ2v) is 11.7. The Morgan fingerprint density at radius 1 is 0.660 bits per heavy atom. The Morgan fingerprint density at radius 3 is 1.55 bits per heavy atom. The number of aromatic nitrogens is 3. The maximum atomic E-state index is 11.4. The summed E-state index contributed by atoms with van der Waals surface area (Å²) in [6, 6.07) is 21.1. The van der Waals surface area contributed by atoms with Gasteiger partial charge in [-0.1, -0.05) is 24.3 Å². The van der Waals surface area contributed by atoms with Crippen molar-refractivity contribution >= 4 is 41.6 Å². The van der Waals surface area contributed by atoms with Gasteiger partial charge in [-0.05, 0) is 66.6 Å². The van der Waals surface area contributed by atoms with Gasteiger partial charge in [0.25, 0.3) is 0 Å². The lowest BCUT2D eigenvalue weighted by Gasteiger charge is -2.18. The quantitative estimate of drug-likeness (QED) is 0.0735. The van der Waals surface area contributed by atoms with Crippen LogP contribution < -0.4 is 4.74 Å². The van der Waals surface area contributed by atoms with Gasteiger partial charge in [-0.15, -0.1) is 4.51 Å². The lowest BCUT2D eigenvalue weighted by Crippen LogP contribution is -2.34. The predicted molar refractivity (Wildman–Crippen MR) is 192 cm³/mol. The Bertz CT molecular complexity index is 1810. The number of pyridine rings is 3. The van der Waals surface area contributed by atoms with Crippen molar-refractivity contribution in [3.05, 3.63) is 84.2 Å². The number of halogens is 1. The van der Waals surface area contributed by atoms with Gasteiger partial charge in [0.15, 0.2) is 0 Å². The molecule has 0 unspecified atom stereocenters. The number of benzene rings is 1. The van der Waals surface area contributed by atoms with Crippen LogP contribution in [0.5, 0.6) is 5.75 Å². The molecule has 0 atom stereocenters. The van der Waals surface area contributed by atoms with Crippen LogP contribution in [0.1, 0.15) is 24.7 Å². The van der Waals surface area contributed by atoms with E-state index in [1.165, 1.54) is 9.80 Å². The van der Waals surface area contributed by atoms with Crippen LogP contribution in [0.3, 0.4) is 0 Å². The van der Waals surface area contributed by atoms with E-state index >= 15 is 0 Å². The third-order valence-corrected chi connectivity index (χ3v) is 7.54. The molecular weight excluding hydrogens is 712 g/mol. The van der Waals surface area contributed by atoms with Gasteiger partial charge in [-0.25, -0.2) is 15.0 Å². The molecule has 0 aliphatic heterocycles. The van der Waals surface area contributed by atoms with Crippen molar-refractivity contribution in [2.75, 3.05) is 39.4 Å². The Labute approximate surface area is 309 Å². The van der Waals surface area contributed by atoms with Crippen molar-refractivity contribution in [2.24, 2.45) is 4.51 Å². The second-order valence-electron chi connectivity index (χ2n) is 11.6. The van der Waals surface area contributed by atoms with E-state index in [4.69, 9.17) is 26.2 Å². The molecule has 0 saturated carbocycles. The van der Waals surface area contributed by atoms with Crippen molar-refractivity contribution in [1.82, 2.24) is 24.8 Å². The summed E-state index contributed by atoms with van der Waals surface area (Å²) in [5.74, 6) is -3.76. The van der Waals surface area contributed by atoms with Crippen LogP contribution in [-0.2, 0) is 37.0 Å². The standard InChI is InChI=1S/C36H37ClN6O10/c1-2-52-32(41-37)13-14-53-27-11-9-23(10-12-27)24-15-30(28-7-3-5-25(38-28)17-42(19-33(44)45)20-34(46)47)40-31(16-24)29-8-4-6-26(39-29)18-43(21-35(48)49)22-36(50)51/h3-12,15-16H,2,13-14,17-22H2,1H3,(H,44,45)(H,46,47)(H,48,49)(H,50,51)/b41-32-. The summed E-state index contributed by atoms with van der Waals surface area (Å²) in [4.78, 5) is 62.2. The number of hydrogen-bond acceptors (Lipinski definition) is 12. The number of rotatable bonds is 20. The smallest absolute Gasteiger partial charge is 0.317 e. The largest absolute Gasteiger partial charge is 0.493 e. The van der Waals surface area contributed by atoms with E-state index in [1.807, 2.05) is 31.2 Å². The molecule has 0 aliphatic carbocycles. The normalized spacial score (nSPS) is 11.4. The third kappa shape index (κ3) is 12.9. The van der Waals surface area contributed by atoms with Crippen LogP contribution in [0.15, 0.2) is 77.3 Å². The summed E-state index contributed by atoms with van der Waals surface area (Å²) in [6.07, 6.45) is 0.378. The summed E-state index contributed by atoms with van der Waals surface area (Å²) < 4.78 is 14.8. The maximum Gasteiger partial charge on any atom is 0.317 e. The lowest BCUT2D eigenvalue weighted by atomic mass is 10.0. The van der Waals surface area contributed by atoms with Crippen LogP contribution in [0.25, 0.3) is 33.9 Å². The highest BCUT2D eigenvalue weighted by atomic mass is 35.5. The van der Waals surface area contributed by atoms with Crippen molar-refractivity contribution in [1.29, 1.82) is 0 Å². The molecule has 1 aromatic carbocycles. The van der Waals surface area contributed by atoms with Gasteiger partial charge < -0.3 is 29.9 Å². The summed E-state index contributed by atoms with van der Waals surface area (Å²) >= 11 is 5.57. The summed E-state index contributed by atoms with van der Waals surface area (Å²) in [7, 11) is 0. The molecule has 4 rings (SSSR count). The molecule has 16 nitrogen and oxygen atoms in total. The van der Waals surface area contributed by atoms with Crippen molar-refractivity contribution in [2.45, 2.75) is 26.4 Å². The van der Waals surface area contributed by atoms with Crippen molar-refractivity contribution < 1.29 is 49.1 Å². The van der Waals surface area contributed by atoms with E-state index in [9.17, 15) is 39.6 Å². The molecule has 17 heteroatoms. The molecule has 4 N–H and O–H groups in total. The molecule has 0 aliphatic rings. The van der Waals surface area contributed by atoms with E-state index < -0.39 is 50.1 Å². The van der Waals surface area contributed by atoms with Gasteiger partial charge in [-0.3, -0.25) is 29.0 Å². The van der Waals surface area contributed by atoms with Crippen LogP contribution >= 0.6 is 11.8 Å². The molecule has 53 heavy (non-hydrogen) atoms. The maximum absolute atomic E-state index is 11.4. The fraction of sp³-hybridized carbons (Fsp3) is 0.278. The van der Waals surface area contributed by atoms with Gasteiger partial charge in [0.2, 0.25) is 5.90 Å². The molecule has 0 saturated heterocycles. The summed E-state index contributed by atoms with van der Waals surface area (Å²) in [5.41, 5.74) is 4.05. The highest BCUT2D eigenvalue weighted by molar-refractivity contribution is 6.19. The monoisotopic (exact) mass is 748 g/mol. The van der Waals surface area contributed by atoms with Gasteiger partial charge >= 0.3 is 23.9 Å². The fourth-order valence-electron chi connectivity index (χ4n) is 5.24. The first-order valence-corrected chi connectivity index (χ1v) is 16.6. The summed E-state index contributed by atoms with van der Waals surface area (Å²) in [6.45, 7) is 0.456. The molecular formula is C36H37ClN6O10. The van der Waals surface area contributed by atoms with Crippen molar-refractivity contribution in [3.63, 3.8) is 0 Å². The number of aliphatic carboxylic acids is 4. The van der Waals surface area contributed by atoms with Gasteiger partial charge in [0.05, 0.1) is 80.0 Å². The topological polar surface area (TPSA) is 225 Å². The molecule has 0 spiro atoms. The first-order chi connectivity index (χ1) is 25.4. The average Bonchev–Trinajstić information content (AvgIpc) is 3.10.